The standard InChI is InChI=1S/C19H17ClFN7O/c1-3-22-18(29)11-5-4-10(8-13(11)21)17-25-19(28(2)27-17)24-15-7-6-14-12(16(15)20)9-23-26-14/h4-9H,3H2,1-2H3,(H,22,29)(H,23,26)(H,24,25,27). The lowest BCUT2D eigenvalue weighted by Gasteiger charge is -2.07. The fourth-order valence-electron chi connectivity index (χ4n) is 2.91. The Hall–Kier alpha value is -3.46. The van der Waals surface area contributed by atoms with Gasteiger partial charge in [0.15, 0.2) is 5.82 Å². The van der Waals surface area contributed by atoms with Crippen LogP contribution in [0, 0.1) is 5.82 Å². The van der Waals surface area contributed by atoms with E-state index in [0.29, 0.717) is 34.6 Å². The average molecular weight is 414 g/mol. The average Bonchev–Trinajstić information content (AvgIpc) is 3.31. The van der Waals surface area contributed by atoms with Gasteiger partial charge in [-0.15, -0.1) is 5.10 Å². The van der Waals surface area contributed by atoms with Crippen molar-refractivity contribution in [1.82, 2.24) is 30.3 Å². The smallest absolute Gasteiger partial charge is 0.254 e. The number of nitrogens with zero attached hydrogens (tertiary/aromatic N) is 4. The van der Waals surface area contributed by atoms with Gasteiger partial charge in [-0.05, 0) is 31.2 Å². The highest BCUT2D eigenvalue weighted by molar-refractivity contribution is 6.38. The summed E-state index contributed by atoms with van der Waals surface area (Å²) < 4.78 is 15.9. The van der Waals surface area contributed by atoms with Gasteiger partial charge in [-0.1, -0.05) is 17.7 Å². The normalized spacial score (nSPS) is 11.0. The molecular formula is C19H17ClFN7O. The van der Waals surface area contributed by atoms with Crippen LogP contribution in [-0.2, 0) is 7.05 Å². The van der Waals surface area contributed by atoms with E-state index in [2.05, 4.69) is 30.9 Å². The number of carbonyl (C=O) groups excluding carboxylic acids is 1. The van der Waals surface area contributed by atoms with Crippen LogP contribution in [0.2, 0.25) is 5.02 Å². The third-order valence-corrected chi connectivity index (χ3v) is 4.78. The van der Waals surface area contributed by atoms with Gasteiger partial charge in [0, 0.05) is 24.5 Å². The molecule has 0 aliphatic heterocycles. The number of amides is 1. The number of benzene rings is 2. The van der Waals surface area contributed by atoms with Crippen molar-refractivity contribution in [2.45, 2.75) is 6.92 Å². The molecule has 148 valence electrons. The van der Waals surface area contributed by atoms with E-state index in [-0.39, 0.29) is 5.56 Å². The lowest BCUT2D eigenvalue weighted by molar-refractivity contribution is 0.0952. The molecule has 0 unspecified atom stereocenters. The minimum Gasteiger partial charge on any atom is -0.352 e. The predicted molar refractivity (Wildman–Crippen MR) is 109 cm³/mol. The van der Waals surface area contributed by atoms with Crippen LogP contribution in [0.3, 0.4) is 0 Å². The molecule has 29 heavy (non-hydrogen) atoms. The molecule has 0 bridgehead atoms. The van der Waals surface area contributed by atoms with Gasteiger partial charge >= 0.3 is 0 Å². The van der Waals surface area contributed by atoms with Gasteiger partial charge in [-0.3, -0.25) is 9.89 Å². The van der Waals surface area contributed by atoms with Crippen LogP contribution in [0.15, 0.2) is 36.5 Å². The van der Waals surface area contributed by atoms with E-state index >= 15 is 0 Å². The summed E-state index contributed by atoms with van der Waals surface area (Å²) in [4.78, 5) is 16.3. The van der Waals surface area contributed by atoms with Crippen LogP contribution in [0.25, 0.3) is 22.3 Å². The van der Waals surface area contributed by atoms with E-state index in [1.807, 2.05) is 6.07 Å². The number of hydrogen-bond donors (Lipinski definition) is 3. The van der Waals surface area contributed by atoms with E-state index in [9.17, 15) is 9.18 Å². The Labute approximate surface area is 170 Å². The van der Waals surface area contributed by atoms with Crippen LogP contribution >= 0.6 is 11.6 Å². The third kappa shape index (κ3) is 3.52. The van der Waals surface area contributed by atoms with Gasteiger partial charge < -0.3 is 10.6 Å². The first-order valence-corrected chi connectivity index (χ1v) is 9.23. The van der Waals surface area contributed by atoms with Crippen LogP contribution in [-0.4, -0.2) is 37.4 Å². The third-order valence-electron chi connectivity index (χ3n) is 4.38. The number of aryl methyl sites for hydroxylation is 1. The molecule has 4 aromatic rings. The second kappa shape index (κ2) is 7.51. The minimum atomic E-state index is -0.635. The number of carbonyl (C=O) groups is 1. The molecule has 2 heterocycles. The van der Waals surface area contributed by atoms with E-state index in [0.717, 1.165) is 10.9 Å². The fourth-order valence-corrected chi connectivity index (χ4v) is 3.17. The molecule has 0 radical (unpaired) electrons. The summed E-state index contributed by atoms with van der Waals surface area (Å²) in [7, 11) is 1.71. The molecule has 10 heteroatoms. The molecule has 0 saturated carbocycles. The van der Waals surface area contributed by atoms with Crippen molar-refractivity contribution in [3.8, 4) is 11.4 Å². The Morgan fingerprint density at radius 2 is 2.14 bits per heavy atom. The summed E-state index contributed by atoms with van der Waals surface area (Å²) in [5, 5.41) is 18.1. The summed E-state index contributed by atoms with van der Waals surface area (Å²) in [6.45, 7) is 2.19. The van der Waals surface area contributed by atoms with Gasteiger partial charge in [0.25, 0.3) is 5.91 Å². The molecule has 0 aliphatic carbocycles. The lowest BCUT2D eigenvalue weighted by Crippen LogP contribution is -2.23. The summed E-state index contributed by atoms with van der Waals surface area (Å²) in [6, 6.07) is 7.93. The van der Waals surface area contributed by atoms with Crippen molar-refractivity contribution in [1.29, 1.82) is 0 Å². The van der Waals surface area contributed by atoms with Crippen LogP contribution < -0.4 is 10.6 Å². The Morgan fingerprint density at radius 1 is 1.31 bits per heavy atom. The van der Waals surface area contributed by atoms with E-state index < -0.39 is 11.7 Å². The number of nitrogens with one attached hydrogen (secondary N) is 3. The zero-order chi connectivity index (χ0) is 20.5. The number of aromatic amines is 1. The number of halogens is 2. The lowest BCUT2D eigenvalue weighted by atomic mass is 10.1. The van der Waals surface area contributed by atoms with Gasteiger partial charge in [0.2, 0.25) is 5.95 Å². The SMILES string of the molecule is CCNC(=O)c1ccc(-c2nc(Nc3ccc4[nH]ncc4c3Cl)n(C)n2)cc1F. The minimum absolute atomic E-state index is 0.0231. The Morgan fingerprint density at radius 3 is 2.90 bits per heavy atom. The summed E-state index contributed by atoms with van der Waals surface area (Å²) in [5.74, 6) is -0.351. The molecule has 0 aliphatic rings. The van der Waals surface area contributed by atoms with E-state index in [4.69, 9.17) is 11.6 Å². The number of hydrogen-bond acceptors (Lipinski definition) is 5. The second-order valence-corrected chi connectivity index (χ2v) is 6.70. The Bertz CT molecular complexity index is 1220. The first-order chi connectivity index (χ1) is 14.0. The zero-order valence-electron chi connectivity index (χ0n) is 15.6. The number of H-pyrrole nitrogens is 1. The van der Waals surface area contributed by atoms with Crippen LogP contribution in [0.4, 0.5) is 16.0 Å². The molecule has 0 fully saturated rings. The number of fused-ring (bicyclic) bond motifs is 1. The number of rotatable bonds is 5. The molecular weight excluding hydrogens is 397 g/mol. The molecule has 0 spiro atoms. The number of aromatic nitrogens is 5. The van der Waals surface area contributed by atoms with Crippen molar-refractivity contribution in [2.75, 3.05) is 11.9 Å². The molecule has 2 aromatic carbocycles. The Kier molecular flexibility index (Phi) is 4.89. The highest BCUT2D eigenvalue weighted by Crippen LogP contribution is 2.32. The van der Waals surface area contributed by atoms with E-state index in [1.54, 1.807) is 32.3 Å². The molecule has 0 atom stereocenters. The first kappa shape index (κ1) is 18.9. The molecule has 1 amide bonds. The topological polar surface area (TPSA) is 101 Å². The highest BCUT2D eigenvalue weighted by Gasteiger charge is 2.16. The van der Waals surface area contributed by atoms with Gasteiger partial charge in [-0.2, -0.15) is 10.1 Å². The molecule has 3 N–H and O–H groups in total. The van der Waals surface area contributed by atoms with Crippen LogP contribution in [0.5, 0.6) is 0 Å². The van der Waals surface area contributed by atoms with Gasteiger partial charge in [-0.25, -0.2) is 9.07 Å². The Balaban J connectivity index is 1.63. The highest BCUT2D eigenvalue weighted by atomic mass is 35.5. The van der Waals surface area contributed by atoms with Crippen molar-refractivity contribution in [3.05, 3.63) is 52.9 Å². The number of anilines is 2. The first-order valence-electron chi connectivity index (χ1n) is 8.85. The molecule has 4 rings (SSSR count). The van der Waals surface area contributed by atoms with Crippen molar-refractivity contribution >= 4 is 40.0 Å². The summed E-state index contributed by atoms with van der Waals surface area (Å²) in [5.41, 5.74) is 1.89. The predicted octanol–water partition coefficient (Wildman–Crippen LogP) is 3.64. The zero-order valence-corrected chi connectivity index (χ0v) is 16.4. The second-order valence-electron chi connectivity index (χ2n) is 6.32. The van der Waals surface area contributed by atoms with Gasteiger partial charge in [0.05, 0.1) is 28.0 Å². The maximum Gasteiger partial charge on any atom is 0.254 e. The van der Waals surface area contributed by atoms with Gasteiger partial charge in [0.1, 0.15) is 5.82 Å². The summed E-state index contributed by atoms with van der Waals surface area (Å²) >= 11 is 6.44. The monoisotopic (exact) mass is 413 g/mol. The molecule has 2 aromatic heterocycles. The van der Waals surface area contributed by atoms with Crippen LogP contribution in [0.1, 0.15) is 17.3 Å². The molecule has 0 saturated heterocycles. The van der Waals surface area contributed by atoms with Crippen molar-refractivity contribution in [2.24, 2.45) is 7.05 Å². The maximum atomic E-state index is 14.4. The molecule has 8 nitrogen and oxygen atoms in total. The fraction of sp³-hybridized carbons (Fsp3) is 0.158. The largest absolute Gasteiger partial charge is 0.352 e. The maximum absolute atomic E-state index is 14.4. The van der Waals surface area contributed by atoms with Crippen molar-refractivity contribution in [3.63, 3.8) is 0 Å². The quantitative estimate of drug-likeness (QED) is 0.463. The van der Waals surface area contributed by atoms with Crippen molar-refractivity contribution < 1.29 is 9.18 Å². The van der Waals surface area contributed by atoms with E-state index in [1.165, 1.54) is 16.8 Å². The summed E-state index contributed by atoms with van der Waals surface area (Å²) in [6.07, 6.45) is 1.64.